The van der Waals surface area contributed by atoms with Crippen LogP contribution in [0.4, 0.5) is 0 Å². The molecule has 2 rings (SSSR count). The van der Waals surface area contributed by atoms with Crippen LogP contribution in [0.2, 0.25) is 0 Å². The van der Waals surface area contributed by atoms with Gasteiger partial charge in [-0.05, 0) is 55.7 Å². The lowest BCUT2D eigenvalue weighted by atomic mass is 9.82. The molecule has 0 aliphatic heterocycles. The molecule has 3 nitrogen and oxygen atoms in total. The van der Waals surface area contributed by atoms with E-state index >= 15 is 0 Å². The molecule has 0 bridgehead atoms. The van der Waals surface area contributed by atoms with Gasteiger partial charge < -0.3 is 9.47 Å². The van der Waals surface area contributed by atoms with Crippen LogP contribution in [-0.2, 0) is 16.0 Å². The monoisotopic (exact) mass is 318 g/mol. The Bertz CT molecular complexity index is 466. The van der Waals surface area contributed by atoms with Crippen molar-refractivity contribution in [1.82, 2.24) is 0 Å². The van der Waals surface area contributed by atoms with Crippen molar-refractivity contribution in [3.05, 3.63) is 29.8 Å². The highest BCUT2D eigenvalue weighted by atomic mass is 16.5. The Morgan fingerprint density at radius 1 is 1.17 bits per heavy atom. The van der Waals surface area contributed by atoms with Crippen molar-refractivity contribution in [3.63, 3.8) is 0 Å². The van der Waals surface area contributed by atoms with Crippen molar-refractivity contribution in [2.75, 3.05) is 13.7 Å². The van der Waals surface area contributed by atoms with Gasteiger partial charge in [0.25, 0.3) is 0 Å². The minimum atomic E-state index is -0.0638. The summed E-state index contributed by atoms with van der Waals surface area (Å²) in [4.78, 5) is 11.7. The maximum absolute atomic E-state index is 11.7. The second-order valence-electron chi connectivity index (χ2n) is 6.66. The molecule has 0 heterocycles. The molecule has 0 saturated heterocycles. The third-order valence-electron chi connectivity index (χ3n) is 4.80. The summed E-state index contributed by atoms with van der Waals surface area (Å²) < 4.78 is 10.8. The molecule has 2 atom stereocenters. The number of hydrogen-bond acceptors (Lipinski definition) is 3. The first-order valence-electron chi connectivity index (χ1n) is 9.02. The average Bonchev–Trinajstić information content (AvgIpc) is 2.61. The molecule has 1 aliphatic carbocycles. The zero-order valence-electron chi connectivity index (χ0n) is 14.6. The molecule has 1 aromatic rings. The first-order chi connectivity index (χ1) is 11.2. The van der Waals surface area contributed by atoms with Gasteiger partial charge in [-0.15, -0.1) is 0 Å². The Labute approximate surface area is 140 Å². The van der Waals surface area contributed by atoms with Gasteiger partial charge in [0.1, 0.15) is 5.75 Å². The molecule has 1 fully saturated rings. The molecule has 1 aromatic carbocycles. The predicted octanol–water partition coefficient (Wildman–Crippen LogP) is 4.78. The largest absolute Gasteiger partial charge is 0.493 e. The standard InChI is InChI=1S/C20H30O3/c1-3-4-5-7-16-10-12-19(13-11-16)23-15-17-8-6-9-18(14-17)20(21)22-2/h10-13,17-18H,3-9,14-15H2,1-2H3/t17-,18+/m1/s1. The molecule has 0 spiro atoms. The lowest BCUT2D eigenvalue weighted by molar-refractivity contribution is -0.147. The molecular formula is C20H30O3. The van der Waals surface area contributed by atoms with E-state index in [1.165, 1.54) is 31.9 Å². The average molecular weight is 318 g/mol. The Kier molecular flexibility index (Phi) is 7.44. The summed E-state index contributed by atoms with van der Waals surface area (Å²) in [7, 11) is 1.48. The molecule has 0 radical (unpaired) electrons. The first kappa shape index (κ1) is 17.8. The highest BCUT2D eigenvalue weighted by Gasteiger charge is 2.28. The van der Waals surface area contributed by atoms with E-state index in [2.05, 4.69) is 31.2 Å². The van der Waals surface area contributed by atoms with Crippen molar-refractivity contribution < 1.29 is 14.3 Å². The first-order valence-corrected chi connectivity index (χ1v) is 9.02. The van der Waals surface area contributed by atoms with Gasteiger partial charge in [0, 0.05) is 0 Å². The Balaban J connectivity index is 1.75. The van der Waals surface area contributed by atoms with Gasteiger partial charge in [0.2, 0.25) is 0 Å². The molecule has 1 aliphatic rings. The summed E-state index contributed by atoms with van der Waals surface area (Å²) >= 11 is 0. The third-order valence-corrected chi connectivity index (χ3v) is 4.80. The fraction of sp³-hybridized carbons (Fsp3) is 0.650. The summed E-state index contributed by atoms with van der Waals surface area (Å²) in [6, 6.07) is 8.48. The topological polar surface area (TPSA) is 35.5 Å². The van der Waals surface area contributed by atoms with Crippen molar-refractivity contribution in [1.29, 1.82) is 0 Å². The van der Waals surface area contributed by atoms with Crippen molar-refractivity contribution >= 4 is 5.97 Å². The Morgan fingerprint density at radius 2 is 1.96 bits per heavy atom. The number of methoxy groups -OCH3 is 1. The molecule has 3 heteroatoms. The summed E-state index contributed by atoms with van der Waals surface area (Å²) in [5.74, 6) is 1.39. The third kappa shape index (κ3) is 5.89. The second-order valence-corrected chi connectivity index (χ2v) is 6.66. The molecule has 23 heavy (non-hydrogen) atoms. The van der Waals surface area contributed by atoms with Gasteiger partial charge in [-0.1, -0.05) is 38.3 Å². The molecule has 128 valence electrons. The number of carbonyl (C=O) groups excluding carboxylic acids is 1. The van der Waals surface area contributed by atoms with Crippen LogP contribution in [0.5, 0.6) is 5.75 Å². The van der Waals surface area contributed by atoms with Gasteiger partial charge in [0.05, 0.1) is 19.6 Å². The minimum Gasteiger partial charge on any atom is -0.493 e. The van der Waals surface area contributed by atoms with Crippen LogP contribution in [-0.4, -0.2) is 19.7 Å². The van der Waals surface area contributed by atoms with E-state index in [1.54, 1.807) is 0 Å². The molecule has 0 amide bonds. The van der Waals surface area contributed by atoms with Crippen LogP contribution >= 0.6 is 0 Å². The van der Waals surface area contributed by atoms with Crippen LogP contribution in [0.1, 0.15) is 57.4 Å². The van der Waals surface area contributed by atoms with Crippen molar-refractivity contribution in [3.8, 4) is 5.75 Å². The minimum absolute atomic E-state index is 0.0586. The van der Waals surface area contributed by atoms with Crippen molar-refractivity contribution in [2.24, 2.45) is 11.8 Å². The van der Waals surface area contributed by atoms with E-state index in [0.29, 0.717) is 12.5 Å². The summed E-state index contributed by atoms with van der Waals surface area (Å²) in [5.41, 5.74) is 1.38. The second kappa shape index (κ2) is 9.59. The van der Waals surface area contributed by atoms with Gasteiger partial charge in [-0.2, -0.15) is 0 Å². The van der Waals surface area contributed by atoms with E-state index in [1.807, 2.05) is 0 Å². The number of rotatable bonds is 8. The Hall–Kier alpha value is -1.51. The predicted molar refractivity (Wildman–Crippen MR) is 92.6 cm³/mol. The lowest BCUT2D eigenvalue weighted by Crippen LogP contribution is -2.27. The van der Waals surface area contributed by atoms with Gasteiger partial charge >= 0.3 is 5.97 Å². The van der Waals surface area contributed by atoms with E-state index in [0.717, 1.165) is 37.9 Å². The van der Waals surface area contributed by atoms with Gasteiger partial charge in [-0.25, -0.2) is 0 Å². The summed E-state index contributed by atoms with van der Waals surface area (Å²) in [5, 5.41) is 0. The number of ether oxygens (including phenoxy) is 2. The number of aryl methyl sites for hydroxylation is 1. The quantitative estimate of drug-likeness (QED) is 0.511. The molecule has 0 unspecified atom stereocenters. The maximum Gasteiger partial charge on any atom is 0.308 e. The van der Waals surface area contributed by atoms with Gasteiger partial charge in [-0.3, -0.25) is 4.79 Å². The van der Waals surface area contributed by atoms with Crippen molar-refractivity contribution in [2.45, 2.75) is 58.3 Å². The summed E-state index contributed by atoms with van der Waals surface area (Å²) in [6.07, 6.45) is 9.03. The SMILES string of the molecule is CCCCCc1ccc(OC[C@@H]2CCC[C@H](C(=O)OC)C2)cc1. The normalized spacial score (nSPS) is 21.0. The molecule has 0 aromatic heterocycles. The van der Waals surface area contributed by atoms with E-state index in [4.69, 9.17) is 9.47 Å². The van der Waals surface area contributed by atoms with Gasteiger partial charge in [0.15, 0.2) is 0 Å². The van der Waals surface area contributed by atoms with Crippen LogP contribution in [0.15, 0.2) is 24.3 Å². The zero-order valence-corrected chi connectivity index (χ0v) is 14.6. The smallest absolute Gasteiger partial charge is 0.308 e. The highest BCUT2D eigenvalue weighted by molar-refractivity contribution is 5.72. The number of esters is 1. The highest BCUT2D eigenvalue weighted by Crippen LogP contribution is 2.30. The maximum atomic E-state index is 11.7. The van der Waals surface area contributed by atoms with E-state index in [9.17, 15) is 4.79 Å². The molecule has 1 saturated carbocycles. The van der Waals surface area contributed by atoms with Crippen LogP contribution in [0, 0.1) is 11.8 Å². The number of benzene rings is 1. The fourth-order valence-electron chi connectivity index (χ4n) is 3.37. The van der Waals surface area contributed by atoms with Crippen LogP contribution in [0.3, 0.4) is 0 Å². The number of hydrogen-bond donors (Lipinski definition) is 0. The van der Waals surface area contributed by atoms with E-state index in [-0.39, 0.29) is 11.9 Å². The number of unbranched alkanes of at least 4 members (excludes halogenated alkanes) is 2. The van der Waals surface area contributed by atoms with Crippen LogP contribution < -0.4 is 4.74 Å². The molecular weight excluding hydrogens is 288 g/mol. The zero-order chi connectivity index (χ0) is 16.5. The molecule has 0 N–H and O–H groups in total. The summed E-state index contributed by atoms with van der Waals surface area (Å²) in [6.45, 7) is 2.93. The number of carbonyl (C=O) groups is 1. The fourth-order valence-corrected chi connectivity index (χ4v) is 3.37. The van der Waals surface area contributed by atoms with E-state index < -0.39 is 0 Å². The van der Waals surface area contributed by atoms with Crippen LogP contribution in [0.25, 0.3) is 0 Å². The Morgan fingerprint density at radius 3 is 2.65 bits per heavy atom. The lowest BCUT2D eigenvalue weighted by Gasteiger charge is -2.27.